The average molecular weight is 188 g/mol. The lowest BCUT2D eigenvalue weighted by Gasteiger charge is -2.24. The minimum atomic E-state index is -1.06. The first kappa shape index (κ1) is 10.4. The van der Waals surface area contributed by atoms with Crippen molar-refractivity contribution in [3.63, 3.8) is 0 Å². The second kappa shape index (κ2) is 4.55. The number of β-amino-alcohol motifs (C(OH)–C–C–N with tert-alkyl or cyclic N) is 1. The number of amides is 1. The first-order valence-electron chi connectivity index (χ1n) is 4.38. The monoisotopic (exact) mass is 188 g/mol. The van der Waals surface area contributed by atoms with Crippen LogP contribution in [0.15, 0.2) is 0 Å². The van der Waals surface area contributed by atoms with Gasteiger partial charge in [-0.2, -0.15) is 0 Å². The molecule has 1 amide bonds. The summed E-state index contributed by atoms with van der Waals surface area (Å²) in [6.45, 7) is 1.92. The van der Waals surface area contributed by atoms with E-state index in [1.807, 2.05) is 0 Å². The Kier molecular flexibility index (Phi) is 3.65. The zero-order chi connectivity index (χ0) is 9.73. The summed E-state index contributed by atoms with van der Waals surface area (Å²) < 4.78 is 5.16. The van der Waals surface area contributed by atoms with E-state index in [-0.39, 0.29) is 18.9 Å². The first-order chi connectivity index (χ1) is 6.16. The van der Waals surface area contributed by atoms with Crippen molar-refractivity contribution in [2.75, 3.05) is 33.4 Å². The molecule has 0 saturated carbocycles. The van der Waals surface area contributed by atoms with Crippen LogP contribution in [0.2, 0.25) is 0 Å². The van der Waals surface area contributed by atoms with E-state index in [0.717, 1.165) is 6.54 Å². The topological polar surface area (TPSA) is 70.6 Å². The summed E-state index contributed by atoms with van der Waals surface area (Å²) in [5, 5.41) is 15.4. The summed E-state index contributed by atoms with van der Waals surface area (Å²) in [4.78, 5) is 11.0. The molecule has 76 valence electrons. The number of hydrogen-bond acceptors (Lipinski definition) is 4. The van der Waals surface area contributed by atoms with Crippen molar-refractivity contribution in [2.24, 2.45) is 0 Å². The predicted molar refractivity (Wildman–Crippen MR) is 47.3 cm³/mol. The standard InChI is InChI=1S/C8H16N2O3/c1-9-7(11)4-8(12)5-10-2-3-13-6-8/h10,12H,2-6H2,1H3,(H,9,11)/t8-/m1/s1. The molecule has 3 N–H and O–H groups in total. The molecule has 1 heterocycles. The summed E-state index contributed by atoms with van der Waals surface area (Å²) in [7, 11) is 1.55. The maximum Gasteiger partial charge on any atom is 0.222 e. The Hall–Kier alpha value is -0.650. The van der Waals surface area contributed by atoms with Gasteiger partial charge in [-0.05, 0) is 0 Å². The van der Waals surface area contributed by atoms with Gasteiger partial charge in [0.2, 0.25) is 5.91 Å². The molecule has 0 aromatic heterocycles. The molecule has 5 heteroatoms. The third kappa shape index (κ3) is 3.30. The Morgan fingerprint density at radius 1 is 1.77 bits per heavy atom. The molecule has 13 heavy (non-hydrogen) atoms. The third-order valence-electron chi connectivity index (χ3n) is 2.02. The van der Waals surface area contributed by atoms with Crippen molar-refractivity contribution in [3.05, 3.63) is 0 Å². The van der Waals surface area contributed by atoms with E-state index in [4.69, 9.17) is 4.74 Å². The molecule has 0 bridgehead atoms. The Labute approximate surface area is 77.5 Å². The molecule has 1 aliphatic heterocycles. The van der Waals surface area contributed by atoms with Crippen LogP contribution in [0.1, 0.15) is 6.42 Å². The molecule has 1 fully saturated rings. The van der Waals surface area contributed by atoms with Gasteiger partial charge in [-0.25, -0.2) is 0 Å². The van der Waals surface area contributed by atoms with Gasteiger partial charge in [-0.15, -0.1) is 0 Å². The van der Waals surface area contributed by atoms with E-state index in [9.17, 15) is 9.90 Å². The highest BCUT2D eigenvalue weighted by atomic mass is 16.5. The van der Waals surface area contributed by atoms with Crippen LogP contribution in [-0.2, 0) is 9.53 Å². The molecule has 1 atom stereocenters. The molecule has 1 aliphatic rings. The fourth-order valence-corrected chi connectivity index (χ4v) is 1.28. The van der Waals surface area contributed by atoms with Gasteiger partial charge in [0, 0.05) is 20.1 Å². The van der Waals surface area contributed by atoms with E-state index in [2.05, 4.69) is 10.6 Å². The van der Waals surface area contributed by atoms with Gasteiger partial charge in [0.1, 0.15) is 5.60 Å². The fraction of sp³-hybridized carbons (Fsp3) is 0.875. The molecule has 0 aromatic rings. The second-order valence-electron chi connectivity index (χ2n) is 3.30. The third-order valence-corrected chi connectivity index (χ3v) is 2.02. The van der Waals surface area contributed by atoms with Crippen molar-refractivity contribution in [2.45, 2.75) is 12.0 Å². The van der Waals surface area contributed by atoms with E-state index in [0.29, 0.717) is 13.2 Å². The van der Waals surface area contributed by atoms with Crippen LogP contribution < -0.4 is 10.6 Å². The molecular formula is C8H16N2O3. The summed E-state index contributed by atoms with van der Waals surface area (Å²) in [6, 6.07) is 0. The molecular weight excluding hydrogens is 172 g/mol. The molecule has 1 rings (SSSR count). The fourth-order valence-electron chi connectivity index (χ4n) is 1.28. The van der Waals surface area contributed by atoms with Crippen LogP contribution in [0.4, 0.5) is 0 Å². The Bertz CT molecular complexity index is 176. The minimum absolute atomic E-state index is 0.0799. The van der Waals surface area contributed by atoms with Crippen LogP contribution in [0.3, 0.4) is 0 Å². The van der Waals surface area contributed by atoms with E-state index in [1.54, 1.807) is 7.05 Å². The van der Waals surface area contributed by atoms with Crippen molar-refractivity contribution in [1.82, 2.24) is 10.6 Å². The van der Waals surface area contributed by atoms with Crippen molar-refractivity contribution in [3.8, 4) is 0 Å². The summed E-state index contributed by atoms with van der Waals surface area (Å²) in [6.07, 6.45) is 0.0799. The number of carbonyl (C=O) groups excluding carboxylic acids is 1. The SMILES string of the molecule is CNC(=O)C[C@@]1(O)CNCCOC1. The second-order valence-corrected chi connectivity index (χ2v) is 3.30. The first-order valence-corrected chi connectivity index (χ1v) is 4.38. The highest BCUT2D eigenvalue weighted by Crippen LogP contribution is 2.11. The van der Waals surface area contributed by atoms with Crippen molar-refractivity contribution in [1.29, 1.82) is 0 Å². The van der Waals surface area contributed by atoms with Crippen molar-refractivity contribution < 1.29 is 14.6 Å². The van der Waals surface area contributed by atoms with Crippen LogP contribution in [0.25, 0.3) is 0 Å². The van der Waals surface area contributed by atoms with Gasteiger partial charge in [-0.3, -0.25) is 4.79 Å². The molecule has 1 saturated heterocycles. The summed E-state index contributed by atoms with van der Waals surface area (Å²) in [5.74, 6) is -0.171. The molecule has 0 spiro atoms. The zero-order valence-corrected chi connectivity index (χ0v) is 7.80. The Balaban J connectivity index is 2.46. The molecule has 0 unspecified atom stereocenters. The van der Waals surface area contributed by atoms with E-state index in [1.165, 1.54) is 0 Å². The molecule has 0 aromatic carbocycles. The van der Waals surface area contributed by atoms with Gasteiger partial charge < -0.3 is 20.5 Å². The summed E-state index contributed by atoms with van der Waals surface area (Å²) >= 11 is 0. The van der Waals surface area contributed by atoms with E-state index >= 15 is 0 Å². The van der Waals surface area contributed by atoms with Gasteiger partial charge in [0.25, 0.3) is 0 Å². The van der Waals surface area contributed by atoms with Gasteiger partial charge in [-0.1, -0.05) is 0 Å². The van der Waals surface area contributed by atoms with Gasteiger partial charge in [0.15, 0.2) is 0 Å². The minimum Gasteiger partial charge on any atom is -0.386 e. The lowest BCUT2D eigenvalue weighted by molar-refractivity contribution is -0.127. The van der Waals surface area contributed by atoms with Crippen LogP contribution in [-0.4, -0.2) is 50.0 Å². The number of ether oxygens (including phenoxy) is 1. The largest absolute Gasteiger partial charge is 0.386 e. The lowest BCUT2D eigenvalue weighted by Crippen LogP contribution is -2.45. The maximum atomic E-state index is 11.0. The molecule has 5 nitrogen and oxygen atoms in total. The number of rotatable bonds is 2. The Morgan fingerprint density at radius 2 is 2.54 bits per heavy atom. The number of nitrogens with one attached hydrogen (secondary N) is 2. The van der Waals surface area contributed by atoms with Gasteiger partial charge >= 0.3 is 0 Å². The van der Waals surface area contributed by atoms with E-state index < -0.39 is 5.60 Å². The highest BCUT2D eigenvalue weighted by molar-refractivity contribution is 5.76. The maximum absolute atomic E-state index is 11.0. The lowest BCUT2D eigenvalue weighted by atomic mass is 10.0. The number of aliphatic hydroxyl groups is 1. The quantitative estimate of drug-likeness (QED) is 0.492. The number of hydrogen-bond donors (Lipinski definition) is 3. The van der Waals surface area contributed by atoms with Gasteiger partial charge in [0.05, 0.1) is 19.6 Å². The zero-order valence-electron chi connectivity index (χ0n) is 7.80. The smallest absolute Gasteiger partial charge is 0.222 e. The average Bonchev–Trinajstić information content (AvgIpc) is 2.30. The summed E-state index contributed by atoms with van der Waals surface area (Å²) in [5.41, 5.74) is -1.06. The number of carbonyl (C=O) groups is 1. The molecule has 0 radical (unpaired) electrons. The van der Waals surface area contributed by atoms with Crippen LogP contribution >= 0.6 is 0 Å². The highest BCUT2D eigenvalue weighted by Gasteiger charge is 2.31. The molecule has 0 aliphatic carbocycles. The normalized spacial score (nSPS) is 29.4. The van der Waals surface area contributed by atoms with Crippen LogP contribution in [0.5, 0.6) is 0 Å². The van der Waals surface area contributed by atoms with Crippen LogP contribution in [0, 0.1) is 0 Å². The Morgan fingerprint density at radius 3 is 3.23 bits per heavy atom. The predicted octanol–water partition coefficient (Wildman–Crippen LogP) is -1.53. The van der Waals surface area contributed by atoms with Crippen molar-refractivity contribution >= 4 is 5.91 Å².